The summed E-state index contributed by atoms with van der Waals surface area (Å²) in [6, 6.07) is 9.77. The van der Waals surface area contributed by atoms with Gasteiger partial charge in [0.2, 0.25) is 11.8 Å². The molecule has 1 aliphatic heterocycles. The molecule has 1 aromatic rings. The van der Waals surface area contributed by atoms with Gasteiger partial charge in [-0.15, -0.1) is 0 Å². The first kappa shape index (κ1) is 19.4. The molecule has 0 radical (unpaired) electrons. The zero-order valence-electron chi connectivity index (χ0n) is 15.8. The van der Waals surface area contributed by atoms with Crippen molar-refractivity contribution in [3.8, 4) is 6.07 Å². The summed E-state index contributed by atoms with van der Waals surface area (Å²) in [4.78, 5) is 28.7. The second kappa shape index (κ2) is 9.52. The lowest BCUT2D eigenvalue weighted by molar-refractivity contribution is -0.135. The molecule has 2 aliphatic rings. The van der Waals surface area contributed by atoms with Gasteiger partial charge in [0.25, 0.3) is 0 Å². The summed E-state index contributed by atoms with van der Waals surface area (Å²) in [6.07, 6.45) is 5.36. The molecule has 0 spiro atoms. The van der Waals surface area contributed by atoms with Gasteiger partial charge in [-0.3, -0.25) is 14.5 Å². The Morgan fingerprint density at radius 1 is 1.04 bits per heavy atom. The largest absolute Gasteiger partial charge is 0.347 e. The van der Waals surface area contributed by atoms with Crippen LogP contribution in [-0.4, -0.2) is 54.3 Å². The Hall–Kier alpha value is -2.39. The third-order valence-corrected chi connectivity index (χ3v) is 5.60. The van der Waals surface area contributed by atoms with Crippen LogP contribution in [0.4, 0.5) is 0 Å². The fourth-order valence-corrected chi connectivity index (χ4v) is 3.88. The summed E-state index contributed by atoms with van der Waals surface area (Å²) in [6.45, 7) is 3.96. The molecule has 6 heteroatoms. The Balaban J connectivity index is 1.38. The molecule has 2 fully saturated rings. The molecule has 1 saturated carbocycles. The topological polar surface area (TPSA) is 76.4 Å². The Bertz CT molecular complexity index is 681. The number of amides is 2. The summed E-state index contributed by atoms with van der Waals surface area (Å²) in [5, 5.41) is 11.7. The van der Waals surface area contributed by atoms with E-state index in [9.17, 15) is 9.59 Å². The molecule has 1 N–H and O–H groups in total. The monoisotopic (exact) mass is 368 g/mol. The predicted molar refractivity (Wildman–Crippen MR) is 103 cm³/mol. The first-order valence-electron chi connectivity index (χ1n) is 9.92. The highest BCUT2D eigenvalue weighted by Crippen LogP contribution is 2.23. The smallest absolute Gasteiger partial charge is 0.242 e. The minimum Gasteiger partial charge on any atom is -0.347 e. The number of piperazine rings is 1. The van der Waals surface area contributed by atoms with Crippen LogP contribution in [0.5, 0.6) is 0 Å². The number of benzene rings is 1. The Morgan fingerprint density at radius 2 is 1.70 bits per heavy atom. The fourth-order valence-electron chi connectivity index (χ4n) is 3.88. The zero-order chi connectivity index (χ0) is 19.1. The van der Waals surface area contributed by atoms with E-state index in [0.717, 1.165) is 45.3 Å². The van der Waals surface area contributed by atoms with Crippen LogP contribution >= 0.6 is 0 Å². The van der Waals surface area contributed by atoms with Crippen molar-refractivity contribution in [3.05, 3.63) is 35.4 Å². The number of hydrogen-bond acceptors (Lipinski definition) is 4. The standard InChI is InChI=1S/C21H28N4O2/c22-14-17-6-8-18(9-7-17)16-24-10-12-25(13-11-24)20(26)15-23-21(27)19-4-2-1-3-5-19/h6-9,19H,1-5,10-13,15-16H2,(H,23,27). The van der Waals surface area contributed by atoms with Gasteiger partial charge in [-0.05, 0) is 30.5 Å². The number of nitriles is 1. The molecule has 3 rings (SSSR count). The van der Waals surface area contributed by atoms with Crippen LogP contribution < -0.4 is 5.32 Å². The van der Waals surface area contributed by atoms with Crippen LogP contribution in [0.25, 0.3) is 0 Å². The Morgan fingerprint density at radius 3 is 2.33 bits per heavy atom. The van der Waals surface area contributed by atoms with E-state index in [-0.39, 0.29) is 24.3 Å². The number of nitrogens with zero attached hydrogens (tertiary/aromatic N) is 3. The first-order chi connectivity index (χ1) is 13.2. The van der Waals surface area contributed by atoms with E-state index >= 15 is 0 Å². The molecule has 1 saturated heterocycles. The number of carbonyl (C=O) groups excluding carboxylic acids is 2. The lowest BCUT2D eigenvalue weighted by atomic mass is 9.89. The first-order valence-corrected chi connectivity index (χ1v) is 9.92. The summed E-state index contributed by atoms with van der Waals surface area (Å²) in [5.74, 6) is 0.149. The molecular formula is C21H28N4O2. The molecule has 1 aliphatic carbocycles. The van der Waals surface area contributed by atoms with Crippen molar-refractivity contribution >= 4 is 11.8 Å². The highest BCUT2D eigenvalue weighted by Gasteiger charge is 2.24. The number of carbonyl (C=O) groups is 2. The van der Waals surface area contributed by atoms with E-state index in [1.807, 2.05) is 29.2 Å². The second-order valence-electron chi connectivity index (χ2n) is 7.52. The van der Waals surface area contributed by atoms with Gasteiger partial charge < -0.3 is 10.2 Å². The molecule has 0 unspecified atom stereocenters. The van der Waals surface area contributed by atoms with Crippen LogP contribution in [0.3, 0.4) is 0 Å². The van der Waals surface area contributed by atoms with E-state index in [2.05, 4.69) is 16.3 Å². The van der Waals surface area contributed by atoms with Gasteiger partial charge in [0.15, 0.2) is 0 Å². The average molecular weight is 368 g/mol. The van der Waals surface area contributed by atoms with Crippen LogP contribution in [-0.2, 0) is 16.1 Å². The van der Waals surface area contributed by atoms with Crippen LogP contribution in [0, 0.1) is 17.2 Å². The van der Waals surface area contributed by atoms with Gasteiger partial charge >= 0.3 is 0 Å². The van der Waals surface area contributed by atoms with E-state index in [4.69, 9.17) is 5.26 Å². The minimum atomic E-state index is 0.0113. The van der Waals surface area contributed by atoms with Crippen LogP contribution in [0.2, 0.25) is 0 Å². The number of nitrogens with one attached hydrogen (secondary N) is 1. The van der Waals surface area contributed by atoms with Crippen LogP contribution in [0.15, 0.2) is 24.3 Å². The highest BCUT2D eigenvalue weighted by molar-refractivity contribution is 5.85. The van der Waals surface area contributed by atoms with Crippen molar-refractivity contribution in [2.24, 2.45) is 5.92 Å². The quantitative estimate of drug-likeness (QED) is 0.861. The molecule has 0 aromatic heterocycles. The molecular weight excluding hydrogens is 340 g/mol. The third-order valence-electron chi connectivity index (χ3n) is 5.60. The van der Waals surface area contributed by atoms with Gasteiger partial charge in [-0.1, -0.05) is 31.4 Å². The minimum absolute atomic E-state index is 0.0113. The van der Waals surface area contributed by atoms with Gasteiger partial charge in [-0.25, -0.2) is 0 Å². The average Bonchev–Trinajstić information content (AvgIpc) is 2.73. The Kier molecular flexibility index (Phi) is 6.83. The molecule has 0 bridgehead atoms. The zero-order valence-corrected chi connectivity index (χ0v) is 15.8. The van der Waals surface area contributed by atoms with E-state index < -0.39 is 0 Å². The fraction of sp³-hybridized carbons (Fsp3) is 0.571. The normalized spacial score (nSPS) is 18.7. The summed E-state index contributed by atoms with van der Waals surface area (Å²) >= 11 is 0. The van der Waals surface area contributed by atoms with E-state index in [0.29, 0.717) is 18.7 Å². The molecule has 2 amide bonds. The second-order valence-corrected chi connectivity index (χ2v) is 7.52. The summed E-state index contributed by atoms with van der Waals surface area (Å²) in [7, 11) is 0. The molecule has 6 nitrogen and oxygen atoms in total. The van der Waals surface area contributed by atoms with Crippen molar-refractivity contribution in [1.82, 2.24) is 15.1 Å². The van der Waals surface area contributed by atoms with Gasteiger partial charge in [0.1, 0.15) is 0 Å². The maximum absolute atomic E-state index is 12.4. The van der Waals surface area contributed by atoms with E-state index in [1.54, 1.807) is 0 Å². The maximum Gasteiger partial charge on any atom is 0.242 e. The molecule has 1 aromatic carbocycles. The molecule has 1 heterocycles. The van der Waals surface area contributed by atoms with Gasteiger partial charge in [0, 0.05) is 38.6 Å². The number of hydrogen-bond donors (Lipinski definition) is 1. The summed E-state index contributed by atoms with van der Waals surface area (Å²) < 4.78 is 0. The van der Waals surface area contributed by atoms with Gasteiger partial charge in [0.05, 0.1) is 18.2 Å². The van der Waals surface area contributed by atoms with Crippen molar-refractivity contribution < 1.29 is 9.59 Å². The lowest BCUT2D eigenvalue weighted by Crippen LogP contribution is -2.51. The van der Waals surface area contributed by atoms with E-state index in [1.165, 1.54) is 12.0 Å². The summed E-state index contributed by atoms with van der Waals surface area (Å²) in [5.41, 5.74) is 1.85. The molecule has 27 heavy (non-hydrogen) atoms. The maximum atomic E-state index is 12.4. The SMILES string of the molecule is N#Cc1ccc(CN2CCN(C(=O)CNC(=O)C3CCCCC3)CC2)cc1. The van der Waals surface area contributed by atoms with Crippen LogP contribution in [0.1, 0.15) is 43.2 Å². The molecule has 144 valence electrons. The lowest BCUT2D eigenvalue weighted by Gasteiger charge is -2.35. The predicted octanol–water partition coefficient (Wildman–Crippen LogP) is 1.90. The Labute approximate surface area is 161 Å². The van der Waals surface area contributed by atoms with Crippen molar-refractivity contribution in [2.45, 2.75) is 38.6 Å². The van der Waals surface area contributed by atoms with Crippen molar-refractivity contribution in [1.29, 1.82) is 5.26 Å². The van der Waals surface area contributed by atoms with Crippen molar-refractivity contribution in [3.63, 3.8) is 0 Å². The number of rotatable bonds is 5. The third kappa shape index (κ3) is 5.54. The molecule has 0 atom stereocenters. The van der Waals surface area contributed by atoms with Gasteiger partial charge in [-0.2, -0.15) is 5.26 Å². The van der Waals surface area contributed by atoms with Crippen molar-refractivity contribution in [2.75, 3.05) is 32.7 Å². The highest BCUT2D eigenvalue weighted by atomic mass is 16.2.